The highest BCUT2D eigenvalue weighted by atomic mass is 16.2. The fourth-order valence-electron chi connectivity index (χ4n) is 2.38. The zero-order valence-electron chi connectivity index (χ0n) is 11.1. The predicted molar refractivity (Wildman–Crippen MR) is 71.0 cm³/mol. The van der Waals surface area contributed by atoms with Gasteiger partial charge in [0.15, 0.2) is 0 Å². The first-order valence-corrected chi connectivity index (χ1v) is 6.55. The molecule has 4 heteroatoms. The maximum atomic E-state index is 12.2. The van der Waals surface area contributed by atoms with E-state index in [9.17, 15) is 4.79 Å². The average Bonchev–Trinajstić information content (AvgIpc) is 2.39. The smallest absolute Gasteiger partial charge is 0.227 e. The van der Waals surface area contributed by atoms with Gasteiger partial charge in [-0.3, -0.25) is 9.78 Å². The SMILES string of the molecule is Cc1cccc(CN(C)C(=O)C2CCCNC2)n1. The van der Waals surface area contributed by atoms with Crippen LogP contribution in [0, 0.1) is 12.8 Å². The molecule has 0 aromatic carbocycles. The van der Waals surface area contributed by atoms with Crippen molar-refractivity contribution in [1.29, 1.82) is 0 Å². The van der Waals surface area contributed by atoms with Crippen LogP contribution < -0.4 is 5.32 Å². The van der Waals surface area contributed by atoms with E-state index in [1.165, 1.54) is 0 Å². The molecule has 4 nitrogen and oxygen atoms in total. The van der Waals surface area contributed by atoms with Crippen molar-refractivity contribution in [3.05, 3.63) is 29.6 Å². The highest BCUT2D eigenvalue weighted by Crippen LogP contribution is 2.14. The Hall–Kier alpha value is -1.42. The quantitative estimate of drug-likeness (QED) is 0.877. The number of amides is 1. The number of piperidine rings is 1. The number of hydrogen-bond acceptors (Lipinski definition) is 3. The lowest BCUT2D eigenvalue weighted by Crippen LogP contribution is -2.41. The van der Waals surface area contributed by atoms with Crippen molar-refractivity contribution in [1.82, 2.24) is 15.2 Å². The molecule has 2 heterocycles. The molecule has 1 aromatic heterocycles. The first-order chi connectivity index (χ1) is 8.66. The van der Waals surface area contributed by atoms with Crippen LogP contribution in [0.3, 0.4) is 0 Å². The Balaban J connectivity index is 1.94. The Morgan fingerprint density at radius 2 is 2.39 bits per heavy atom. The van der Waals surface area contributed by atoms with Gasteiger partial charge < -0.3 is 10.2 Å². The predicted octanol–water partition coefficient (Wildman–Crippen LogP) is 1.35. The minimum absolute atomic E-state index is 0.133. The van der Waals surface area contributed by atoms with Crippen LogP contribution in [0.1, 0.15) is 24.2 Å². The summed E-state index contributed by atoms with van der Waals surface area (Å²) in [4.78, 5) is 18.5. The molecule has 1 fully saturated rings. The number of carbonyl (C=O) groups excluding carboxylic acids is 1. The van der Waals surface area contributed by atoms with Crippen molar-refractivity contribution in [2.24, 2.45) is 5.92 Å². The first kappa shape index (κ1) is 13.0. The molecule has 1 atom stereocenters. The number of pyridine rings is 1. The monoisotopic (exact) mass is 247 g/mol. The molecule has 0 saturated carbocycles. The Labute approximate surface area is 108 Å². The average molecular weight is 247 g/mol. The third-order valence-electron chi connectivity index (χ3n) is 3.37. The number of rotatable bonds is 3. The molecule has 1 N–H and O–H groups in total. The second-order valence-corrected chi connectivity index (χ2v) is 5.01. The van der Waals surface area contributed by atoms with Crippen LogP contribution in [0.25, 0.3) is 0 Å². The van der Waals surface area contributed by atoms with Crippen LogP contribution in [0.5, 0.6) is 0 Å². The van der Waals surface area contributed by atoms with E-state index in [4.69, 9.17) is 0 Å². The number of nitrogens with one attached hydrogen (secondary N) is 1. The van der Waals surface area contributed by atoms with Gasteiger partial charge in [0, 0.05) is 19.3 Å². The summed E-state index contributed by atoms with van der Waals surface area (Å²) in [5.74, 6) is 0.360. The van der Waals surface area contributed by atoms with E-state index in [0.717, 1.165) is 37.3 Å². The van der Waals surface area contributed by atoms with Gasteiger partial charge in [0.2, 0.25) is 5.91 Å². The van der Waals surface area contributed by atoms with Crippen LogP contribution in [-0.2, 0) is 11.3 Å². The molecule has 1 aliphatic rings. The zero-order chi connectivity index (χ0) is 13.0. The summed E-state index contributed by atoms with van der Waals surface area (Å²) >= 11 is 0. The minimum atomic E-state index is 0.133. The number of carbonyl (C=O) groups is 1. The van der Waals surface area contributed by atoms with Gasteiger partial charge in [0.25, 0.3) is 0 Å². The summed E-state index contributed by atoms with van der Waals surface area (Å²) in [6.07, 6.45) is 2.09. The van der Waals surface area contributed by atoms with Crippen molar-refractivity contribution >= 4 is 5.91 Å². The summed E-state index contributed by atoms with van der Waals surface area (Å²) in [6, 6.07) is 5.92. The molecule has 1 saturated heterocycles. The molecule has 0 bridgehead atoms. The number of nitrogens with zero attached hydrogens (tertiary/aromatic N) is 2. The molecule has 1 aliphatic heterocycles. The van der Waals surface area contributed by atoms with Crippen LogP contribution in [0.2, 0.25) is 0 Å². The van der Waals surface area contributed by atoms with Crippen LogP contribution in [0.15, 0.2) is 18.2 Å². The van der Waals surface area contributed by atoms with Gasteiger partial charge in [-0.05, 0) is 38.4 Å². The lowest BCUT2D eigenvalue weighted by Gasteiger charge is -2.26. The summed E-state index contributed by atoms with van der Waals surface area (Å²) in [5.41, 5.74) is 1.95. The fraction of sp³-hybridized carbons (Fsp3) is 0.571. The molecule has 98 valence electrons. The maximum absolute atomic E-state index is 12.2. The summed E-state index contributed by atoms with van der Waals surface area (Å²) < 4.78 is 0. The van der Waals surface area contributed by atoms with Gasteiger partial charge in [-0.2, -0.15) is 0 Å². The van der Waals surface area contributed by atoms with E-state index < -0.39 is 0 Å². The zero-order valence-corrected chi connectivity index (χ0v) is 11.1. The highest BCUT2D eigenvalue weighted by molar-refractivity contribution is 5.78. The Bertz CT molecular complexity index is 413. The molecule has 1 amide bonds. The van der Waals surface area contributed by atoms with Crippen molar-refractivity contribution < 1.29 is 4.79 Å². The van der Waals surface area contributed by atoms with E-state index in [0.29, 0.717) is 6.54 Å². The molecule has 0 aliphatic carbocycles. The summed E-state index contributed by atoms with van der Waals surface area (Å²) in [5, 5.41) is 3.28. The minimum Gasteiger partial charge on any atom is -0.340 e. The molecule has 1 unspecified atom stereocenters. The lowest BCUT2D eigenvalue weighted by molar-refractivity contribution is -0.135. The third kappa shape index (κ3) is 3.29. The van der Waals surface area contributed by atoms with Crippen molar-refractivity contribution in [3.8, 4) is 0 Å². The largest absolute Gasteiger partial charge is 0.340 e. The molecular weight excluding hydrogens is 226 g/mol. The molecule has 0 radical (unpaired) electrons. The van der Waals surface area contributed by atoms with Gasteiger partial charge in [-0.1, -0.05) is 6.07 Å². The van der Waals surface area contributed by atoms with E-state index in [1.54, 1.807) is 4.90 Å². The van der Waals surface area contributed by atoms with Crippen LogP contribution in [0.4, 0.5) is 0 Å². The Morgan fingerprint density at radius 1 is 1.56 bits per heavy atom. The number of aryl methyl sites for hydroxylation is 1. The van der Waals surface area contributed by atoms with Crippen LogP contribution >= 0.6 is 0 Å². The molecule has 2 rings (SSSR count). The standard InChI is InChI=1S/C14H21N3O/c1-11-5-3-7-13(16-11)10-17(2)14(18)12-6-4-8-15-9-12/h3,5,7,12,15H,4,6,8-10H2,1-2H3. The second-order valence-electron chi connectivity index (χ2n) is 5.01. The normalized spacial score (nSPS) is 19.6. The van der Waals surface area contributed by atoms with Crippen molar-refractivity contribution in [2.45, 2.75) is 26.3 Å². The van der Waals surface area contributed by atoms with Crippen molar-refractivity contribution in [3.63, 3.8) is 0 Å². The summed E-state index contributed by atoms with van der Waals surface area (Å²) in [6.45, 7) is 4.41. The van der Waals surface area contributed by atoms with Gasteiger partial charge in [0.05, 0.1) is 18.2 Å². The topological polar surface area (TPSA) is 45.2 Å². The van der Waals surface area contributed by atoms with E-state index in [2.05, 4.69) is 10.3 Å². The Kier molecular flexibility index (Phi) is 4.31. The third-order valence-corrected chi connectivity index (χ3v) is 3.37. The van der Waals surface area contributed by atoms with Gasteiger partial charge in [0.1, 0.15) is 0 Å². The van der Waals surface area contributed by atoms with Gasteiger partial charge in [-0.15, -0.1) is 0 Å². The first-order valence-electron chi connectivity index (χ1n) is 6.55. The molecule has 18 heavy (non-hydrogen) atoms. The second kappa shape index (κ2) is 5.96. The molecule has 1 aromatic rings. The lowest BCUT2D eigenvalue weighted by atomic mass is 9.98. The van der Waals surface area contributed by atoms with Gasteiger partial charge in [-0.25, -0.2) is 0 Å². The molecular formula is C14H21N3O. The van der Waals surface area contributed by atoms with Gasteiger partial charge >= 0.3 is 0 Å². The van der Waals surface area contributed by atoms with E-state index in [1.807, 2.05) is 32.2 Å². The molecule has 0 spiro atoms. The van der Waals surface area contributed by atoms with Crippen LogP contribution in [-0.4, -0.2) is 35.9 Å². The number of hydrogen-bond donors (Lipinski definition) is 1. The maximum Gasteiger partial charge on any atom is 0.227 e. The van der Waals surface area contributed by atoms with Crippen molar-refractivity contribution in [2.75, 3.05) is 20.1 Å². The van der Waals surface area contributed by atoms with E-state index >= 15 is 0 Å². The summed E-state index contributed by atoms with van der Waals surface area (Å²) in [7, 11) is 1.86. The fourth-order valence-corrected chi connectivity index (χ4v) is 2.38. The van der Waals surface area contributed by atoms with E-state index in [-0.39, 0.29) is 11.8 Å². The highest BCUT2D eigenvalue weighted by Gasteiger charge is 2.23. The Morgan fingerprint density at radius 3 is 3.06 bits per heavy atom. The number of aromatic nitrogens is 1.